The Bertz CT molecular complexity index is 1440. The van der Waals surface area contributed by atoms with E-state index in [0.717, 1.165) is 33.1 Å². The molecule has 6 heteroatoms. The summed E-state index contributed by atoms with van der Waals surface area (Å²) >= 11 is 0. The van der Waals surface area contributed by atoms with E-state index in [1.54, 1.807) is 0 Å². The van der Waals surface area contributed by atoms with E-state index < -0.39 is 0 Å². The van der Waals surface area contributed by atoms with E-state index in [9.17, 15) is 0 Å². The molecule has 30 heavy (non-hydrogen) atoms. The van der Waals surface area contributed by atoms with E-state index in [1.165, 1.54) is 0 Å². The van der Waals surface area contributed by atoms with E-state index in [0.29, 0.717) is 33.1 Å². The molecule has 3 aromatic heterocycles. The van der Waals surface area contributed by atoms with Gasteiger partial charge in [0.05, 0.1) is 33.1 Å². The lowest BCUT2D eigenvalue weighted by Gasteiger charge is -2.10. The van der Waals surface area contributed by atoms with Crippen molar-refractivity contribution in [2.75, 3.05) is 0 Å². The Labute approximate surface area is 169 Å². The van der Waals surface area contributed by atoms with Crippen LogP contribution in [0.5, 0.6) is 0 Å². The lowest BCUT2D eigenvalue weighted by Crippen LogP contribution is -1.98. The molecule has 0 fully saturated rings. The molecule has 0 aliphatic rings. The topological polar surface area (TPSA) is 77.3 Å². The molecule has 0 aliphatic carbocycles. The van der Waals surface area contributed by atoms with Crippen molar-refractivity contribution in [3.05, 3.63) is 72.8 Å². The molecule has 0 aliphatic heterocycles. The fourth-order valence-corrected chi connectivity index (χ4v) is 3.99. The number of hydrogen-bond acceptors (Lipinski definition) is 6. The standard InChI is InChI=1S/C24H12N6/c1-2-8-14-13(7-1)25-19-20(26-14)22-24(30-18-12-6-5-11-17(18)28-22)23-21(19)27-15-9-3-4-10-16(15)29-23/h1-12H. The summed E-state index contributed by atoms with van der Waals surface area (Å²) in [6, 6.07) is 23.5. The maximum Gasteiger partial charge on any atom is 0.120 e. The van der Waals surface area contributed by atoms with E-state index in [4.69, 9.17) is 29.9 Å². The average Bonchev–Trinajstić information content (AvgIpc) is 2.81. The van der Waals surface area contributed by atoms with Crippen molar-refractivity contribution in [3.8, 4) is 0 Å². The first kappa shape index (κ1) is 15.6. The number of aromatic nitrogens is 6. The van der Waals surface area contributed by atoms with Gasteiger partial charge in [-0.15, -0.1) is 0 Å². The Hall–Kier alpha value is -4.32. The molecular formula is C24H12N6. The summed E-state index contributed by atoms with van der Waals surface area (Å²) < 4.78 is 0. The van der Waals surface area contributed by atoms with Crippen LogP contribution >= 0.6 is 0 Å². The van der Waals surface area contributed by atoms with Gasteiger partial charge in [0.2, 0.25) is 0 Å². The predicted molar refractivity (Wildman–Crippen MR) is 118 cm³/mol. The Morgan fingerprint density at radius 2 is 0.433 bits per heavy atom. The fraction of sp³-hybridized carbons (Fsp3) is 0. The number of hydrogen-bond donors (Lipinski definition) is 0. The molecule has 6 nitrogen and oxygen atoms in total. The van der Waals surface area contributed by atoms with Gasteiger partial charge in [0.1, 0.15) is 33.1 Å². The van der Waals surface area contributed by atoms with Crippen LogP contribution in [-0.4, -0.2) is 29.9 Å². The van der Waals surface area contributed by atoms with Gasteiger partial charge >= 0.3 is 0 Å². The van der Waals surface area contributed by atoms with Crippen molar-refractivity contribution in [1.82, 2.24) is 29.9 Å². The van der Waals surface area contributed by atoms with E-state index in [2.05, 4.69) is 0 Å². The molecule has 7 aromatic rings. The lowest BCUT2D eigenvalue weighted by molar-refractivity contribution is 1.34. The zero-order chi connectivity index (χ0) is 19.7. The van der Waals surface area contributed by atoms with Gasteiger partial charge in [-0.25, -0.2) is 29.9 Å². The SMILES string of the molecule is c1ccc2nc3c(nc2c1)c1nc2ccccc2nc1c1nc2ccccc2nc31. The normalized spacial score (nSPS) is 12.0. The lowest BCUT2D eigenvalue weighted by atomic mass is 10.1. The Morgan fingerprint density at radius 1 is 0.267 bits per heavy atom. The van der Waals surface area contributed by atoms with Gasteiger partial charge in [-0.3, -0.25) is 0 Å². The Morgan fingerprint density at radius 3 is 0.600 bits per heavy atom. The molecule has 138 valence electrons. The summed E-state index contributed by atoms with van der Waals surface area (Å²) in [5.41, 5.74) is 9.05. The quantitative estimate of drug-likeness (QED) is 0.271. The Kier molecular flexibility index (Phi) is 2.91. The second-order valence-electron chi connectivity index (χ2n) is 7.23. The van der Waals surface area contributed by atoms with Gasteiger partial charge in [-0.1, -0.05) is 36.4 Å². The van der Waals surface area contributed by atoms with Crippen molar-refractivity contribution >= 4 is 66.2 Å². The van der Waals surface area contributed by atoms with Crippen LogP contribution in [0.15, 0.2) is 72.8 Å². The largest absolute Gasteiger partial charge is 0.242 e. The van der Waals surface area contributed by atoms with Gasteiger partial charge in [0.15, 0.2) is 0 Å². The van der Waals surface area contributed by atoms with Crippen LogP contribution in [-0.2, 0) is 0 Å². The van der Waals surface area contributed by atoms with Crippen LogP contribution in [0, 0.1) is 0 Å². The number of para-hydroxylation sites is 6. The fourth-order valence-electron chi connectivity index (χ4n) is 3.99. The number of benzene rings is 4. The predicted octanol–water partition coefficient (Wildman–Crippen LogP) is 4.98. The van der Waals surface area contributed by atoms with Crippen molar-refractivity contribution in [3.63, 3.8) is 0 Å². The van der Waals surface area contributed by atoms with E-state index in [1.807, 2.05) is 72.8 Å². The molecule has 0 N–H and O–H groups in total. The highest BCUT2D eigenvalue weighted by atomic mass is 14.9. The minimum atomic E-state index is 0.694. The Balaban J connectivity index is 1.82. The second kappa shape index (κ2) is 5.61. The van der Waals surface area contributed by atoms with Crippen molar-refractivity contribution in [2.24, 2.45) is 0 Å². The van der Waals surface area contributed by atoms with E-state index in [-0.39, 0.29) is 0 Å². The zero-order valence-corrected chi connectivity index (χ0v) is 15.6. The summed E-state index contributed by atoms with van der Waals surface area (Å²) in [7, 11) is 0. The molecular weight excluding hydrogens is 372 g/mol. The average molecular weight is 384 g/mol. The second-order valence-corrected chi connectivity index (χ2v) is 7.23. The first-order valence-electron chi connectivity index (χ1n) is 9.67. The van der Waals surface area contributed by atoms with Crippen LogP contribution in [0.3, 0.4) is 0 Å². The van der Waals surface area contributed by atoms with Crippen LogP contribution in [0.25, 0.3) is 66.2 Å². The van der Waals surface area contributed by atoms with Gasteiger partial charge in [-0.2, -0.15) is 0 Å². The molecule has 3 heterocycles. The molecule has 0 saturated carbocycles. The van der Waals surface area contributed by atoms with Crippen LogP contribution in [0.2, 0.25) is 0 Å². The maximum absolute atomic E-state index is 4.91. The monoisotopic (exact) mass is 384 g/mol. The summed E-state index contributed by atoms with van der Waals surface area (Å²) in [5, 5.41) is 0. The molecule has 4 aromatic carbocycles. The first-order valence-corrected chi connectivity index (χ1v) is 9.67. The van der Waals surface area contributed by atoms with Gasteiger partial charge in [-0.05, 0) is 36.4 Å². The van der Waals surface area contributed by atoms with E-state index >= 15 is 0 Å². The molecule has 0 atom stereocenters. The van der Waals surface area contributed by atoms with Crippen LogP contribution in [0.1, 0.15) is 0 Å². The van der Waals surface area contributed by atoms with Crippen molar-refractivity contribution in [1.29, 1.82) is 0 Å². The maximum atomic E-state index is 4.91. The molecule has 0 unspecified atom stereocenters. The van der Waals surface area contributed by atoms with Gasteiger partial charge < -0.3 is 0 Å². The highest BCUT2D eigenvalue weighted by Gasteiger charge is 2.18. The van der Waals surface area contributed by atoms with Gasteiger partial charge in [0, 0.05) is 0 Å². The number of fused-ring (bicyclic) bond motifs is 9. The number of rotatable bonds is 0. The smallest absolute Gasteiger partial charge is 0.120 e. The highest BCUT2D eigenvalue weighted by molar-refractivity contribution is 6.20. The molecule has 7 rings (SSSR count). The third kappa shape index (κ3) is 2.07. The minimum Gasteiger partial charge on any atom is -0.242 e. The third-order valence-electron chi connectivity index (χ3n) is 5.38. The highest BCUT2D eigenvalue weighted by Crippen LogP contribution is 2.32. The summed E-state index contributed by atoms with van der Waals surface area (Å²) in [6.07, 6.45) is 0. The molecule has 0 radical (unpaired) electrons. The van der Waals surface area contributed by atoms with Crippen molar-refractivity contribution in [2.45, 2.75) is 0 Å². The molecule has 0 amide bonds. The van der Waals surface area contributed by atoms with Crippen LogP contribution in [0.4, 0.5) is 0 Å². The molecule has 0 saturated heterocycles. The molecule has 0 bridgehead atoms. The number of nitrogens with zero attached hydrogens (tertiary/aromatic N) is 6. The van der Waals surface area contributed by atoms with Gasteiger partial charge in [0.25, 0.3) is 0 Å². The van der Waals surface area contributed by atoms with Crippen LogP contribution < -0.4 is 0 Å². The zero-order valence-electron chi connectivity index (χ0n) is 15.6. The first-order chi connectivity index (χ1) is 14.8. The summed E-state index contributed by atoms with van der Waals surface area (Å²) in [6.45, 7) is 0. The van der Waals surface area contributed by atoms with Crippen molar-refractivity contribution < 1.29 is 0 Å². The third-order valence-corrected chi connectivity index (χ3v) is 5.38. The summed E-state index contributed by atoms with van der Waals surface area (Å²) in [4.78, 5) is 29.5. The molecule has 0 spiro atoms. The minimum absolute atomic E-state index is 0.694. The summed E-state index contributed by atoms with van der Waals surface area (Å²) in [5.74, 6) is 0.